The van der Waals surface area contributed by atoms with Crippen molar-refractivity contribution in [1.29, 1.82) is 0 Å². The summed E-state index contributed by atoms with van der Waals surface area (Å²) in [5, 5.41) is 2.71. The van der Waals surface area contributed by atoms with Crippen molar-refractivity contribution in [1.82, 2.24) is 20.3 Å². The zero-order valence-corrected chi connectivity index (χ0v) is 9.50. The first-order valence-electron chi connectivity index (χ1n) is 5.25. The largest absolute Gasteiger partial charge is 0.345 e. The van der Waals surface area contributed by atoms with Crippen molar-refractivity contribution in [2.24, 2.45) is 5.84 Å². The van der Waals surface area contributed by atoms with Crippen molar-refractivity contribution in [2.45, 2.75) is 6.54 Å². The Bertz CT molecular complexity index is 513. The van der Waals surface area contributed by atoms with Crippen LogP contribution < -0.4 is 16.6 Å². The average Bonchev–Trinajstić information content (AvgIpc) is 2.46. The monoisotopic (exact) mass is 244 g/mol. The highest BCUT2D eigenvalue weighted by Crippen LogP contribution is 2.04. The number of nitrogens with two attached hydrogens (primary N) is 1. The molecule has 0 atom stereocenters. The second kappa shape index (κ2) is 5.69. The molecule has 2 aromatic heterocycles. The molecule has 0 aromatic carbocycles. The van der Waals surface area contributed by atoms with Gasteiger partial charge in [0.1, 0.15) is 12.0 Å². The summed E-state index contributed by atoms with van der Waals surface area (Å²) >= 11 is 0. The third-order valence-electron chi connectivity index (χ3n) is 2.24. The van der Waals surface area contributed by atoms with Crippen LogP contribution in [0, 0.1) is 0 Å². The summed E-state index contributed by atoms with van der Waals surface area (Å²) in [5.74, 6) is 4.94. The molecule has 0 fully saturated rings. The molecule has 0 radical (unpaired) electrons. The zero-order valence-electron chi connectivity index (χ0n) is 9.50. The average molecular weight is 244 g/mol. The van der Waals surface area contributed by atoms with E-state index in [1.807, 2.05) is 0 Å². The van der Waals surface area contributed by atoms with Gasteiger partial charge >= 0.3 is 0 Å². The standard InChI is InChI=1S/C11H12N6O/c12-17-9-1-2-10(14-6-9)11(18)15-5-8-3-4-13-7-16-8/h1-4,6-7,17H,5,12H2,(H,15,18). The minimum absolute atomic E-state index is 0.266. The van der Waals surface area contributed by atoms with Gasteiger partial charge in [0.05, 0.1) is 24.1 Å². The van der Waals surface area contributed by atoms with Crippen LogP contribution in [-0.4, -0.2) is 20.9 Å². The minimum atomic E-state index is -0.266. The number of hydrazine groups is 1. The first-order chi connectivity index (χ1) is 8.79. The van der Waals surface area contributed by atoms with Gasteiger partial charge in [-0.2, -0.15) is 0 Å². The Kier molecular flexibility index (Phi) is 3.77. The fraction of sp³-hybridized carbons (Fsp3) is 0.0909. The van der Waals surface area contributed by atoms with E-state index in [0.29, 0.717) is 17.9 Å². The van der Waals surface area contributed by atoms with E-state index in [9.17, 15) is 4.79 Å². The Morgan fingerprint density at radius 2 is 2.17 bits per heavy atom. The molecule has 0 bridgehead atoms. The van der Waals surface area contributed by atoms with E-state index in [0.717, 1.165) is 5.69 Å². The summed E-state index contributed by atoms with van der Waals surface area (Å²) in [5.41, 5.74) is 4.14. The minimum Gasteiger partial charge on any atom is -0.345 e. The van der Waals surface area contributed by atoms with Gasteiger partial charge in [-0.25, -0.2) is 15.0 Å². The molecule has 0 saturated carbocycles. The smallest absolute Gasteiger partial charge is 0.270 e. The molecule has 1 amide bonds. The molecule has 0 unspecified atom stereocenters. The summed E-state index contributed by atoms with van der Waals surface area (Å²) in [6.45, 7) is 0.333. The number of anilines is 1. The van der Waals surface area contributed by atoms with Crippen LogP contribution in [0.4, 0.5) is 5.69 Å². The number of rotatable bonds is 4. The normalized spacial score (nSPS) is 9.83. The van der Waals surface area contributed by atoms with Crippen molar-refractivity contribution in [3.05, 3.63) is 48.3 Å². The number of nitrogen functional groups attached to an aromatic ring is 1. The fourth-order valence-electron chi connectivity index (χ4n) is 1.30. The van der Waals surface area contributed by atoms with Crippen molar-refractivity contribution in [3.8, 4) is 0 Å². The van der Waals surface area contributed by atoms with E-state index < -0.39 is 0 Å². The van der Waals surface area contributed by atoms with E-state index in [-0.39, 0.29) is 5.91 Å². The molecule has 4 N–H and O–H groups in total. The van der Waals surface area contributed by atoms with Gasteiger partial charge < -0.3 is 10.7 Å². The maximum Gasteiger partial charge on any atom is 0.270 e. The predicted octanol–water partition coefficient (Wildman–Crippen LogP) is 0.0872. The number of pyridine rings is 1. The Morgan fingerprint density at radius 3 is 2.78 bits per heavy atom. The molecular weight excluding hydrogens is 232 g/mol. The third-order valence-corrected chi connectivity index (χ3v) is 2.24. The van der Waals surface area contributed by atoms with E-state index in [1.165, 1.54) is 12.5 Å². The molecule has 18 heavy (non-hydrogen) atoms. The zero-order chi connectivity index (χ0) is 12.8. The Labute approximate surface area is 103 Å². The molecular formula is C11H12N6O. The fourth-order valence-corrected chi connectivity index (χ4v) is 1.30. The first kappa shape index (κ1) is 11.9. The van der Waals surface area contributed by atoms with Crippen molar-refractivity contribution >= 4 is 11.6 Å². The molecule has 0 aliphatic rings. The van der Waals surface area contributed by atoms with Gasteiger partial charge in [0.2, 0.25) is 0 Å². The molecule has 2 rings (SSSR count). The predicted molar refractivity (Wildman–Crippen MR) is 65.2 cm³/mol. The number of carbonyl (C=O) groups is 1. The highest BCUT2D eigenvalue weighted by molar-refractivity contribution is 5.92. The highest BCUT2D eigenvalue weighted by atomic mass is 16.1. The van der Waals surface area contributed by atoms with Crippen LogP contribution in [0.3, 0.4) is 0 Å². The van der Waals surface area contributed by atoms with E-state index in [1.54, 1.807) is 24.4 Å². The molecule has 0 spiro atoms. The van der Waals surface area contributed by atoms with Gasteiger partial charge in [-0.15, -0.1) is 0 Å². The summed E-state index contributed by atoms with van der Waals surface area (Å²) in [6, 6.07) is 4.99. The Morgan fingerprint density at radius 1 is 1.28 bits per heavy atom. The Balaban J connectivity index is 1.95. The summed E-state index contributed by atoms with van der Waals surface area (Å²) < 4.78 is 0. The molecule has 0 aliphatic carbocycles. The quantitative estimate of drug-likeness (QED) is 0.520. The number of nitrogens with zero attached hydrogens (tertiary/aromatic N) is 3. The van der Waals surface area contributed by atoms with E-state index in [2.05, 4.69) is 25.7 Å². The molecule has 2 aromatic rings. The van der Waals surface area contributed by atoms with Crippen molar-refractivity contribution < 1.29 is 4.79 Å². The third kappa shape index (κ3) is 2.98. The Hall–Kier alpha value is -2.54. The van der Waals surface area contributed by atoms with Crippen molar-refractivity contribution in [3.63, 3.8) is 0 Å². The van der Waals surface area contributed by atoms with E-state index in [4.69, 9.17) is 5.84 Å². The summed E-state index contributed by atoms with van der Waals surface area (Å²) in [4.78, 5) is 23.5. The number of hydrogen-bond donors (Lipinski definition) is 3. The second-order valence-electron chi connectivity index (χ2n) is 3.46. The van der Waals surface area contributed by atoms with Crippen LogP contribution in [0.25, 0.3) is 0 Å². The molecule has 7 heteroatoms. The number of hydrogen-bond acceptors (Lipinski definition) is 6. The van der Waals surface area contributed by atoms with Crippen LogP contribution in [0.1, 0.15) is 16.2 Å². The van der Waals surface area contributed by atoms with Gasteiger partial charge in [-0.05, 0) is 18.2 Å². The lowest BCUT2D eigenvalue weighted by atomic mass is 10.3. The second-order valence-corrected chi connectivity index (χ2v) is 3.46. The molecule has 92 valence electrons. The maximum atomic E-state index is 11.7. The molecule has 7 nitrogen and oxygen atoms in total. The lowest BCUT2D eigenvalue weighted by Crippen LogP contribution is -2.24. The van der Waals surface area contributed by atoms with Crippen LogP contribution in [0.2, 0.25) is 0 Å². The number of nitrogens with one attached hydrogen (secondary N) is 2. The SMILES string of the molecule is NNc1ccc(C(=O)NCc2ccncn2)nc1. The number of carbonyl (C=O) groups excluding carboxylic acids is 1. The maximum absolute atomic E-state index is 11.7. The van der Waals surface area contributed by atoms with Gasteiger partial charge in [0.25, 0.3) is 5.91 Å². The van der Waals surface area contributed by atoms with E-state index >= 15 is 0 Å². The van der Waals surface area contributed by atoms with Crippen LogP contribution in [0.5, 0.6) is 0 Å². The van der Waals surface area contributed by atoms with Gasteiger partial charge in [0.15, 0.2) is 0 Å². The topological polar surface area (TPSA) is 106 Å². The molecule has 0 saturated heterocycles. The highest BCUT2D eigenvalue weighted by Gasteiger charge is 2.06. The van der Waals surface area contributed by atoms with Gasteiger partial charge in [-0.1, -0.05) is 0 Å². The summed E-state index contributed by atoms with van der Waals surface area (Å²) in [6.07, 6.45) is 4.54. The number of amides is 1. The molecule has 0 aliphatic heterocycles. The van der Waals surface area contributed by atoms with Crippen LogP contribution in [-0.2, 0) is 6.54 Å². The van der Waals surface area contributed by atoms with Crippen LogP contribution in [0.15, 0.2) is 36.9 Å². The summed E-state index contributed by atoms with van der Waals surface area (Å²) in [7, 11) is 0. The lowest BCUT2D eigenvalue weighted by molar-refractivity contribution is 0.0945. The number of aromatic nitrogens is 3. The lowest BCUT2D eigenvalue weighted by Gasteiger charge is -2.04. The van der Waals surface area contributed by atoms with Crippen LogP contribution >= 0.6 is 0 Å². The van der Waals surface area contributed by atoms with Gasteiger partial charge in [0, 0.05) is 6.20 Å². The first-order valence-corrected chi connectivity index (χ1v) is 5.25. The molecule has 2 heterocycles. The van der Waals surface area contributed by atoms with Gasteiger partial charge in [-0.3, -0.25) is 10.6 Å². The van der Waals surface area contributed by atoms with Crippen molar-refractivity contribution in [2.75, 3.05) is 5.43 Å².